The van der Waals surface area contributed by atoms with Crippen LogP contribution in [-0.2, 0) is 25.9 Å². The summed E-state index contributed by atoms with van der Waals surface area (Å²) in [5, 5.41) is 15.7. The number of hydrogen-bond acceptors (Lipinski definition) is 8. The maximum atomic E-state index is 12.4. The van der Waals surface area contributed by atoms with Crippen LogP contribution in [-0.4, -0.2) is 61.8 Å². The highest BCUT2D eigenvalue weighted by Crippen LogP contribution is 2.11. The number of fused-ring (bicyclic) bond motifs is 1. The van der Waals surface area contributed by atoms with Crippen LogP contribution in [0.15, 0.2) is 41.3 Å². The Hall–Kier alpha value is -2.60. The molecule has 0 radical (unpaired) electrons. The van der Waals surface area contributed by atoms with Crippen molar-refractivity contribution >= 4 is 21.5 Å². The standard InChI is InChI=1S/C18H24N6O4S/c1-13-5-4-6-14(11-13)29(25,26)20-10-9-17-22-21-16-8-7-15(23-24(16)17)19-12-18(27-2)28-3/h4-8,11,18,20H,9-10,12H2,1-3H3,(H,19,23). The third-order valence-corrected chi connectivity index (χ3v) is 5.70. The molecule has 0 aliphatic heterocycles. The molecule has 2 N–H and O–H groups in total. The van der Waals surface area contributed by atoms with Gasteiger partial charge in [0.15, 0.2) is 17.8 Å². The largest absolute Gasteiger partial charge is 0.364 e. The van der Waals surface area contributed by atoms with E-state index in [1.807, 2.05) is 13.0 Å². The molecular weight excluding hydrogens is 396 g/mol. The lowest BCUT2D eigenvalue weighted by Gasteiger charge is -2.14. The summed E-state index contributed by atoms with van der Waals surface area (Å²) in [5.74, 6) is 1.14. The first-order valence-electron chi connectivity index (χ1n) is 9.00. The third-order valence-electron chi connectivity index (χ3n) is 4.24. The van der Waals surface area contributed by atoms with Gasteiger partial charge < -0.3 is 14.8 Å². The van der Waals surface area contributed by atoms with Crippen LogP contribution in [0.2, 0.25) is 0 Å². The molecule has 0 saturated carbocycles. The summed E-state index contributed by atoms with van der Waals surface area (Å²) < 4.78 is 39.3. The zero-order valence-electron chi connectivity index (χ0n) is 16.5. The molecule has 156 valence electrons. The Bertz CT molecular complexity index is 1070. The van der Waals surface area contributed by atoms with Gasteiger partial charge in [-0.1, -0.05) is 12.1 Å². The molecule has 29 heavy (non-hydrogen) atoms. The molecule has 0 fully saturated rings. The maximum Gasteiger partial charge on any atom is 0.240 e. The molecular formula is C18H24N6O4S. The van der Waals surface area contributed by atoms with Gasteiger partial charge in [-0.05, 0) is 36.8 Å². The van der Waals surface area contributed by atoms with Crippen LogP contribution in [0.3, 0.4) is 0 Å². The number of ether oxygens (including phenoxy) is 2. The highest BCUT2D eigenvalue weighted by Gasteiger charge is 2.15. The normalized spacial score (nSPS) is 12.0. The second-order valence-corrected chi connectivity index (χ2v) is 8.12. The number of nitrogens with zero attached hydrogens (tertiary/aromatic N) is 4. The zero-order chi connectivity index (χ0) is 20.9. The Morgan fingerprint density at radius 3 is 2.66 bits per heavy atom. The first-order chi connectivity index (χ1) is 13.9. The van der Waals surface area contributed by atoms with Crippen molar-refractivity contribution in [3.8, 4) is 0 Å². The van der Waals surface area contributed by atoms with Gasteiger partial charge in [-0.25, -0.2) is 13.1 Å². The minimum absolute atomic E-state index is 0.172. The van der Waals surface area contributed by atoms with E-state index in [9.17, 15) is 8.42 Å². The van der Waals surface area contributed by atoms with Gasteiger partial charge in [0.25, 0.3) is 0 Å². The Balaban J connectivity index is 1.66. The second-order valence-electron chi connectivity index (χ2n) is 6.35. The number of sulfonamides is 1. The number of rotatable bonds is 10. The van der Waals surface area contributed by atoms with Crippen molar-refractivity contribution in [1.29, 1.82) is 0 Å². The van der Waals surface area contributed by atoms with E-state index in [-0.39, 0.29) is 11.4 Å². The average Bonchev–Trinajstić information content (AvgIpc) is 3.11. The van der Waals surface area contributed by atoms with Gasteiger partial charge in [0.1, 0.15) is 5.82 Å². The van der Waals surface area contributed by atoms with E-state index in [2.05, 4.69) is 25.3 Å². The lowest BCUT2D eigenvalue weighted by Crippen LogP contribution is -2.26. The zero-order valence-corrected chi connectivity index (χ0v) is 17.3. The van der Waals surface area contributed by atoms with Gasteiger partial charge in [0.2, 0.25) is 10.0 Å². The molecule has 0 aliphatic rings. The Labute approximate surface area is 169 Å². The smallest absolute Gasteiger partial charge is 0.240 e. The van der Waals surface area contributed by atoms with Crippen LogP contribution < -0.4 is 10.0 Å². The Morgan fingerprint density at radius 1 is 1.14 bits per heavy atom. The highest BCUT2D eigenvalue weighted by atomic mass is 32.2. The molecule has 0 saturated heterocycles. The molecule has 0 spiro atoms. The van der Waals surface area contributed by atoms with Crippen LogP contribution in [0.5, 0.6) is 0 Å². The van der Waals surface area contributed by atoms with E-state index in [1.165, 1.54) is 0 Å². The molecule has 1 aromatic carbocycles. The van der Waals surface area contributed by atoms with E-state index >= 15 is 0 Å². The molecule has 0 atom stereocenters. The van der Waals surface area contributed by atoms with Gasteiger partial charge in [-0.15, -0.1) is 15.3 Å². The van der Waals surface area contributed by atoms with Crippen molar-refractivity contribution in [2.45, 2.75) is 24.5 Å². The highest BCUT2D eigenvalue weighted by molar-refractivity contribution is 7.89. The van der Waals surface area contributed by atoms with Crippen LogP contribution in [0.25, 0.3) is 5.65 Å². The van der Waals surface area contributed by atoms with Crippen LogP contribution in [0, 0.1) is 6.92 Å². The summed E-state index contributed by atoms with van der Waals surface area (Å²) in [6.07, 6.45) is -0.0644. The molecule has 0 unspecified atom stereocenters. The number of aromatic nitrogens is 4. The van der Waals surface area contributed by atoms with Gasteiger partial charge >= 0.3 is 0 Å². The van der Waals surface area contributed by atoms with Crippen molar-refractivity contribution < 1.29 is 17.9 Å². The number of nitrogens with one attached hydrogen (secondary N) is 2. The number of benzene rings is 1. The molecule has 2 heterocycles. The maximum absolute atomic E-state index is 12.4. The Morgan fingerprint density at radius 2 is 1.93 bits per heavy atom. The van der Waals surface area contributed by atoms with E-state index in [0.29, 0.717) is 30.3 Å². The van der Waals surface area contributed by atoms with Gasteiger partial charge in [-0.3, -0.25) is 0 Å². The van der Waals surface area contributed by atoms with Gasteiger partial charge in [-0.2, -0.15) is 4.52 Å². The van der Waals surface area contributed by atoms with Gasteiger partial charge in [0, 0.05) is 27.2 Å². The van der Waals surface area contributed by atoms with E-state index < -0.39 is 16.3 Å². The summed E-state index contributed by atoms with van der Waals surface area (Å²) >= 11 is 0. The monoisotopic (exact) mass is 420 g/mol. The minimum Gasteiger partial charge on any atom is -0.364 e. The number of methoxy groups -OCH3 is 2. The van der Waals surface area contributed by atoms with E-state index in [0.717, 1.165) is 5.56 Å². The molecule has 0 amide bonds. The average molecular weight is 420 g/mol. The third kappa shape index (κ3) is 5.26. The molecule has 0 aliphatic carbocycles. The fraction of sp³-hybridized carbons (Fsp3) is 0.389. The summed E-state index contributed by atoms with van der Waals surface area (Å²) in [6, 6.07) is 10.3. The Kier molecular flexibility index (Phi) is 6.75. The fourth-order valence-electron chi connectivity index (χ4n) is 2.70. The molecule has 3 aromatic rings. The number of aryl methyl sites for hydroxylation is 1. The lowest BCUT2D eigenvalue weighted by atomic mass is 10.2. The minimum atomic E-state index is -3.59. The van der Waals surface area contributed by atoms with Crippen molar-refractivity contribution in [3.05, 3.63) is 47.8 Å². The van der Waals surface area contributed by atoms with Crippen molar-refractivity contribution in [2.75, 3.05) is 32.6 Å². The molecule has 2 aromatic heterocycles. The molecule has 10 nitrogen and oxygen atoms in total. The topological polar surface area (TPSA) is 120 Å². The quantitative estimate of drug-likeness (QED) is 0.466. The molecule has 3 rings (SSSR count). The molecule has 0 bridgehead atoms. The molecule has 11 heteroatoms. The van der Waals surface area contributed by atoms with Crippen LogP contribution in [0.1, 0.15) is 11.4 Å². The summed E-state index contributed by atoms with van der Waals surface area (Å²) in [5.41, 5.74) is 1.45. The first kappa shape index (κ1) is 21.1. The summed E-state index contributed by atoms with van der Waals surface area (Å²) in [7, 11) is -0.474. The number of anilines is 1. The fourth-order valence-corrected chi connectivity index (χ4v) is 3.83. The lowest BCUT2D eigenvalue weighted by molar-refractivity contribution is -0.0914. The SMILES string of the molecule is COC(CNc1ccc2nnc(CCNS(=O)(=O)c3cccc(C)c3)n2n1)OC. The van der Waals surface area contributed by atoms with Crippen molar-refractivity contribution in [2.24, 2.45) is 0 Å². The van der Waals surface area contributed by atoms with Gasteiger partial charge in [0.05, 0.1) is 11.4 Å². The summed E-state index contributed by atoms with van der Waals surface area (Å²) in [4.78, 5) is 0.235. The van der Waals surface area contributed by atoms with Crippen molar-refractivity contribution in [3.63, 3.8) is 0 Å². The van der Waals surface area contributed by atoms with E-state index in [4.69, 9.17) is 9.47 Å². The predicted molar refractivity (Wildman–Crippen MR) is 107 cm³/mol. The van der Waals surface area contributed by atoms with Crippen LogP contribution >= 0.6 is 0 Å². The summed E-state index contributed by atoms with van der Waals surface area (Å²) in [6.45, 7) is 2.44. The van der Waals surface area contributed by atoms with E-state index in [1.54, 1.807) is 49.1 Å². The van der Waals surface area contributed by atoms with Crippen LogP contribution in [0.4, 0.5) is 5.82 Å². The predicted octanol–water partition coefficient (Wildman–Crippen LogP) is 0.985. The first-order valence-corrected chi connectivity index (χ1v) is 10.5. The van der Waals surface area contributed by atoms with Crippen molar-refractivity contribution in [1.82, 2.24) is 24.5 Å². The second kappa shape index (κ2) is 9.27. The number of hydrogen-bond donors (Lipinski definition) is 2.